The molecule has 3 aromatic rings. The number of fused-ring (bicyclic) bond motifs is 1. The molecule has 0 atom stereocenters. The predicted octanol–water partition coefficient (Wildman–Crippen LogP) is 3.78. The third-order valence-electron chi connectivity index (χ3n) is 5.44. The lowest BCUT2D eigenvalue weighted by molar-refractivity contribution is 0.0699. The van der Waals surface area contributed by atoms with Crippen molar-refractivity contribution < 1.29 is 4.79 Å². The Balaban J connectivity index is 1.48. The molecule has 2 aromatic heterocycles. The third-order valence-corrected chi connectivity index (χ3v) is 5.44. The molecule has 3 heterocycles. The number of carbonyl (C=O) groups is 1. The highest BCUT2D eigenvalue weighted by Gasteiger charge is 2.26. The number of benzene rings is 1. The van der Waals surface area contributed by atoms with E-state index in [9.17, 15) is 4.79 Å². The first kappa shape index (κ1) is 16.8. The second-order valence-corrected chi connectivity index (χ2v) is 7.00. The van der Waals surface area contributed by atoms with Crippen LogP contribution in [0.4, 0.5) is 0 Å². The van der Waals surface area contributed by atoms with Gasteiger partial charge in [0.25, 0.3) is 5.91 Å². The van der Waals surface area contributed by atoms with E-state index in [1.807, 2.05) is 24.1 Å². The lowest BCUT2D eigenvalue weighted by Gasteiger charge is -2.32. The molecule has 0 bridgehead atoms. The van der Waals surface area contributed by atoms with Crippen molar-refractivity contribution in [2.24, 2.45) is 0 Å². The molecule has 0 spiro atoms. The molecule has 134 valence electrons. The molecule has 0 unspecified atom stereocenters. The Morgan fingerprint density at radius 3 is 2.81 bits per heavy atom. The van der Waals surface area contributed by atoms with Gasteiger partial charge in [-0.2, -0.15) is 5.10 Å². The van der Waals surface area contributed by atoms with Crippen LogP contribution in [-0.4, -0.2) is 38.7 Å². The van der Waals surface area contributed by atoms with Gasteiger partial charge in [0, 0.05) is 49.0 Å². The minimum Gasteiger partial charge on any atom is -0.337 e. The Labute approximate surface area is 153 Å². The molecule has 1 aromatic carbocycles. The van der Waals surface area contributed by atoms with Crippen LogP contribution in [0.2, 0.25) is 0 Å². The van der Waals surface area contributed by atoms with Crippen LogP contribution in [0.15, 0.2) is 42.7 Å². The first-order chi connectivity index (χ1) is 12.7. The van der Waals surface area contributed by atoms with Gasteiger partial charge in [-0.25, -0.2) is 0 Å². The average Bonchev–Trinajstić information content (AvgIpc) is 3.16. The number of piperidine rings is 1. The maximum absolute atomic E-state index is 12.8. The first-order valence-electron chi connectivity index (χ1n) is 9.33. The van der Waals surface area contributed by atoms with Gasteiger partial charge in [-0.3, -0.25) is 14.5 Å². The maximum Gasteiger partial charge on any atom is 0.272 e. The van der Waals surface area contributed by atoms with E-state index in [4.69, 9.17) is 4.98 Å². The second kappa shape index (κ2) is 6.90. The van der Waals surface area contributed by atoms with Crippen LogP contribution < -0.4 is 0 Å². The molecule has 26 heavy (non-hydrogen) atoms. The number of likely N-dealkylation sites (tertiary alicyclic amines) is 1. The summed E-state index contributed by atoms with van der Waals surface area (Å²) in [7, 11) is 0. The standard InChI is InChI=1S/C21H24N4O/c1-3-25-20(7-10-23-25)21(26)24-11-8-16(9-12-24)19-13-18-15(2)5-4-6-17(18)14-22-19/h4-7,10,13-14,16H,3,8-9,11-12H2,1-2H3. The molecule has 0 saturated carbocycles. The van der Waals surface area contributed by atoms with Crippen LogP contribution in [-0.2, 0) is 6.54 Å². The minimum atomic E-state index is 0.0881. The topological polar surface area (TPSA) is 51.0 Å². The summed E-state index contributed by atoms with van der Waals surface area (Å²) in [5, 5.41) is 6.68. The minimum absolute atomic E-state index is 0.0881. The van der Waals surface area contributed by atoms with Crippen LogP contribution in [0.3, 0.4) is 0 Å². The quantitative estimate of drug-likeness (QED) is 0.724. The predicted molar refractivity (Wildman–Crippen MR) is 102 cm³/mol. The fraction of sp³-hybridized carbons (Fsp3) is 0.381. The van der Waals surface area contributed by atoms with Gasteiger partial charge in [0.1, 0.15) is 5.69 Å². The van der Waals surface area contributed by atoms with Crippen molar-refractivity contribution in [3.8, 4) is 0 Å². The summed E-state index contributed by atoms with van der Waals surface area (Å²) in [6.45, 7) is 6.40. The second-order valence-electron chi connectivity index (χ2n) is 7.00. The number of rotatable bonds is 3. The number of hydrogen-bond acceptors (Lipinski definition) is 3. The molecule has 1 amide bonds. The summed E-state index contributed by atoms with van der Waals surface area (Å²) < 4.78 is 1.77. The molecule has 0 aliphatic carbocycles. The van der Waals surface area contributed by atoms with Gasteiger partial charge in [0.05, 0.1) is 0 Å². The van der Waals surface area contributed by atoms with E-state index in [1.54, 1.807) is 10.9 Å². The van der Waals surface area contributed by atoms with Gasteiger partial charge >= 0.3 is 0 Å². The first-order valence-corrected chi connectivity index (χ1v) is 9.33. The smallest absolute Gasteiger partial charge is 0.272 e. The monoisotopic (exact) mass is 348 g/mol. The molecule has 1 saturated heterocycles. The van der Waals surface area contributed by atoms with E-state index in [0.29, 0.717) is 18.2 Å². The van der Waals surface area contributed by atoms with Gasteiger partial charge in [0.15, 0.2) is 0 Å². The van der Waals surface area contributed by atoms with Crippen molar-refractivity contribution in [3.63, 3.8) is 0 Å². The van der Waals surface area contributed by atoms with Crippen molar-refractivity contribution in [3.05, 3.63) is 59.7 Å². The highest BCUT2D eigenvalue weighted by Crippen LogP contribution is 2.30. The summed E-state index contributed by atoms with van der Waals surface area (Å²) in [6.07, 6.45) is 5.59. The molecule has 4 rings (SSSR count). The zero-order chi connectivity index (χ0) is 18.1. The number of hydrogen-bond donors (Lipinski definition) is 0. The molecule has 1 aliphatic heterocycles. The van der Waals surface area contributed by atoms with Gasteiger partial charge < -0.3 is 4.90 Å². The summed E-state index contributed by atoms with van der Waals surface area (Å²) in [4.78, 5) is 19.4. The van der Waals surface area contributed by atoms with Crippen LogP contribution in [0.25, 0.3) is 10.8 Å². The average molecular weight is 348 g/mol. The van der Waals surface area contributed by atoms with Crippen molar-refractivity contribution in [2.45, 2.75) is 39.2 Å². The van der Waals surface area contributed by atoms with Crippen LogP contribution >= 0.6 is 0 Å². The third kappa shape index (κ3) is 2.98. The van der Waals surface area contributed by atoms with Crippen molar-refractivity contribution in [1.82, 2.24) is 19.7 Å². The van der Waals surface area contributed by atoms with Gasteiger partial charge in [-0.15, -0.1) is 0 Å². The summed E-state index contributed by atoms with van der Waals surface area (Å²) in [5.41, 5.74) is 3.12. The van der Waals surface area contributed by atoms with Gasteiger partial charge in [-0.05, 0) is 49.8 Å². The molecule has 0 radical (unpaired) electrons. The zero-order valence-corrected chi connectivity index (χ0v) is 15.4. The number of aryl methyl sites for hydroxylation is 2. The van der Waals surface area contributed by atoms with Crippen LogP contribution in [0.1, 0.15) is 47.4 Å². The fourth-order valence-electron chi connectivity index (χ4n) is 3.87. The molecule has 1 aliphatic rings. The molecule has 1 fully saturated rings. The largest absolute Gasteiger partial charge is 0.337 e. The van der Waals surface area contributed by atoms with Gasteiger partial charge in [0.2, 0.25) is 0 Å². The molecule has 5 nitrogen and oxygen atoms in total. The highest BCUT2D eigenvalue weighted by molar-refractivity contribution is 5.92. The Morgan fingerprint density at radius 2 is 2.04 bits per heavy atom. The fourth-order valence-corrected chi connectivity index (χ4v) is 3.87. The zero-order valence-electron chi connectivity index (χ0n) is 15.4. The lowest BCUT2D eigenvalue weighted by atomic mass is 9.91. The number of nitrogens with zero attached hydrogens (tertiary/aromatic N) is 4. The van der Waals surface area contributed by atoms with E-state index < -0.39 is 0 Å². The normalized spacial score (nSPS) is 15.5. The summed E-state index contributed by atoms with van der Waals surface area (Å²) in [6, 6.07) is 10.4. The molecular weight excluding hydrogens is 324 g/mol. The molecular formula is C21H24N4O. The number of carbonyl (C=O) groups excluding carboxylic acids is 1. The Kier molecular flexibility index (Phi) is 4.45. The van der Waals surface area contributed by atoms with Crippen LogP contribution in [0.5, 0.6) is 0 Å². The van der Waals surface area contributed by atoms with Crippen molar-refractivity contribution >= 4 is 16.7 Å². The summed E-state index contributed by atoms with van der Waals surface area (Å²) >= 11 is 0. The van der Waals surface area contributed by atoms with Crippen molar-refractivity contribution in [1.29, 1.82) is 0 Å². The van der Waals surface area contributed by atoms with Crippen LogP contribution in [0, 0.1) is 6.92 Å². The number of aromatic nitrogens is 3. The van der Waals surface area contributed by atoms with E-state index in [-0.39, 0.29) is 5.91 Å². The number of pyridine rings is 1. The Bertz CT molecular complexity index is 938. The van der Waals surface area contributed by atoms with E-state index in [2.05, 4.69) is 36.3 Å². The Morgan fingerprint density at radius 1 is 1.23 bits per heavy atom. The summed E-state index contributed by atoms with van der Waals surface area (Å²) in [5.74, 6) is 0.504. The molecule has 0 N–H and O–H groups in total. The van der Waals surface area contributed by atoms with E-state index in [0.717, 1.165) is 31.6 Å². The maximum atomic E-state index is 12.8. The SMILES string of the molecule is CCn1nccc1C(=O)N1CCC(c2cc3c(C)cccc3cn2)CC1. The van der Waals surface area contributed by atoms with E-state index >= 15 is 0 Å². The number of amides is 1. The van der Waals surface area contributed by atoms with E-state index in [1.165, 1.54) is 16.3 Å². The van der Waals surface area contributed by atoms with Gasteiger partial charge in [-0.1, -0.05) is 18.2 Å². The van der Waals surface area contributed by atoms with Crippen molar-refractivity contribution in [2.75, 3.05) is 13.1 Å². The Hall–Kier alpha value is -2.69. The highest BCUT2D eigenvalue weighted by atomic mass is 16.2. The lowest BCUT2D eigenvalue weighted by Crippen LogP contribution is -2.39. The molecule has 5 heteroatoms.